The zero-order chi connectivity index (χ0) is 66.7. The molecule has 0 aliphatic carbocycles. The number of ketones is 1. The van der Waals surface area contributed by atoms with Gasteiger partial charge in [0.05, 0.1) is 32.1 Å². The van der Waals surface area contributed by atoms with Gasteiger partial charge >= 0.3 is 17.9 Å². The van der Waals surface area contributed by atoms with Crippen LogP contribution in [-0.4, -0.2) is 102 Å². The summed E-state index contributed by atoms with van der Waals surface area (Å²) in [5.41, 5.74) is 19.3. The van der Waals surface area contributed by atoms with Crippen molar-refractivity contribution >= 4 is 23.7 Å². The van der Waals surface area contributed by atoms with E-state index in [-0.39, 0.29) is 67.0 Å². The number of hydrogen-bond acceptors (Lipinski definition) is 11. The molecule has 0 radical (unpaired) electrons. The van der Waals surface area contributed by atoms with Crippen molar-refractivity contribution in [2.75, 3.05) is 54.5 Å². The zero-order valence-electron chi connectivity index (χ0n) is 56.2. The number of halogens is 2. The predicted molar refractivity (Wildman–Crippen MR) is 354 cm³/mol. The molecule has 0 spiro atoms. The molecule has 89 heavy (non-hydrogen) atoms. The third-order valence-electron chi connectivity index (χ3n) is 16.0. The number of aliphatic carboxylic acids is 1. The standard InChI is InChI=1S/C37H49FN2O4.C20H24FNO2.C16H26N2O3/c1-10-44-35(43)21-29(31-19-30(17-27(7)37(31)38)36-24(4)12-11-13-25(36)5)20-33(41)32(16-23(2)3)40-22-28(14-15-39(8)9)26(6)18-34(40)42;1-5-24-18(23)11-17(22)16-10-15(9-14(4)20(16)21)19-12(2)7-6-8-13(19)3;1-11(2)8-14(16(20)21)18-10-13(6-7-17(4)5)12(3)9-15(18)19/h11-13,17-19,22-23,29,32H,10,14-16,20-21H2,1-9H3;6-10,17H,5,11,22H2,1-4H3;9-11,14H,6-8H2,1-5H3,(H,20,21)/t29-,32?;17-;/m00./s1. The number of benzene rings is 4. The van der Waals surface area contributed by atoms with Crippen molar-refractivity contribution in [1.82, 2.24) is 18.9 Å². The quantitative estimate of drug-likeness (QED) is 0.0491. The van der Waals surface area contributed by atoms with Crippen LogP contribution in [0.5, 0.6) is 0 Å². The molecule has 0 aliphatic rings. The molecule has 14 nitrogen and oxygen atoms in total. The number of likely N-dealkylation sites (N-methyl/N-ethyl adjacent to an activating group) is 2. The second-order valence-electron chi connectivity index (χ2n) is 25.1. The van der Waals surface area contributed by atoms with E-state index in [1.807, 2.05) is 152 Å². The number of carboxylic acid groups (broad SMARTS) is 1. The van der Waals surface area contributed by atoms with Crippen LogP contribution in [0, 0.1) is 78.9 Å². The number of ether oxygens (including phenoxy) is 2. The minimum atomic E-state index is -0.951. The molecular formula is C73H99F2N5O9. The molecule has 2 unspecified atom stereocenters. The van der Waals surface area contributed by atoms with Gasteiger partial charge in [-0.2, -0.15) is 0 Å². The maximum atomic E-state index is 16.0. The van der Waals surface area contributed by atoms with Crippen molar-refractivity contribution in [3.63, 3.8) is 0 Å². The summed E-state index contributed by atoms with van der Waals surface area (Å²) >= 11 is 0. The van der Waals surface area contributed by atoms with Gasteiger partial charge in [0.25, 0.3) is 11.1 Å². The predicted octanol–water partition coefficient (Wildman–Crippen LogP) is 13.6. The molecule has 0 amide bonds. The molecule has 484 valence electrons. The Labute approximate surface area is 527 Å². The minimum Gasteiger partial charge on any atom is -0.480 e. The number of esters is 2. The van der Waals surface area contributed by atoms with E-state index < -0.39 is 47.8 Å². The summed E-state index contributed by atoms with van der Waals surface area (Å²) in [4.78, 5) is 79.8. The Kier molecular flexibility index (Phi) is 28.7. The highest BCUT2D eigenvalue weighted by Gasteiger charge is 2.31. The van der Waals surface area contributed by atoms with E-state index in [1.165, 1.54) is 4.57 Å². The molecule has 2 heterocycles. The van der Waals surface area contributed by atoms with Crippen molar-refractivity contribution in [1.29, 1.82) is 0 Å². The van der Waals surface area contributed by atoms with Crippen LogP contribution in [0.4, 0.5) is 8.78 Å². The highest BCUT2D eigenvalue weighted by Crippen LogP contribution is 2.38. The number of carbonyl (C=O) groups is 4. The molecule has 6 aromatic rings. The molecule has 0 saturated heterocycles. The average Bonchev–Trinajstić information content (AvgIpc) is 3.22. The van der Waals surface area contributed by atoms with E-state index in [4.69, 9.17) is 15.2 Å². The van der Waals surface area contributed by atoms with Gasteiger partial charge in [0.15, 0.2) is 5.78 Å². The number of Topliss-reactive ketones (excluding diaryl/α,β-unsaturated/α-hetero) is 1. The van der Waals surface area contributed by atoms with Crippen molar-refractivity contribution in [2.24, 2.45) is 17.6 Å². The first-order chi connectivity index (χ1) is 41.8. The Hall–Kier alpha value is -7.40. The fourth-order valence-electron chi connectivity index (χ4n) is 11.3. The highest BCUT2D eigenvalue weighted by molar-refractivity contribution is 5.85. The third-order valence-corrected chi connectivity index (χ3v) is 16.0. The number of carboxylic acids is 1. The first-order valence-electron chi connectivity index (χ1n) is 31.1. The largest absolute Gasteiger partial charge is 0.480 e. The van der Waals surface area contributed by atoms with Gasteiger partial charge < -0.3 is 39.2 Å². The number of carbonyl (C=O) groups excluding carboxylic acids is 3. The first kappa shape index (κ1) is 74.1. The summed E-state index contributed by atoms with van der Waals surface area (Å²) in [6, 6.07) is 20.1. The summed E-state index contributed by atoms with van der Waals surface area (Å²) in [5.74, 6) is -3.27. The van der Waals surface area contributed by atoms with Crippen molar-refractivity contribution in [2.45, 2.75) is 166 Å². The van der Waals surface area contributed by atoms with Gasteiger partial charge in [-0.25, -0.2) is 13.6 Å². The summed E-state index contributed by atoms with van der Waals surface area (Å²) in [6.45, 7) is 28.9. The van der Waals surface area contributed by atoms with Crippen LogP contribution >= 0.6 is 0 Å². The zero-order valence-corrected chi connectivity index (χ0v) is 56.2. The highest BCUT2D eigenvalue weighted by atomic mass is 19.1. The minimum absolute atomic E-state index is 0.0413. The Bertz CT molecular complexity index is 3490. The summed E-state index contributed by atoms with van der Waals surface area (Å²) in [5, 5.41) is 9.41. The second kappa shape index (κ2) is 34.5. The van der Waals surface area contributed by atoms with E-state index in [0.29, 0.717) is 35.1 Å². The SMILES string of the molecule is CCOC(=O)C[C@H](CC(=O)C(CC(C)C)n1cc(CCN(C)C)c(C)cc1=O)c1cc(-c2c(C)cccc2C)cc(C)c1F.CCOC(=O)C[C@H](N)c1cc(-c2c(C)cccc2C)cc(C)c1F.Cc1cc(=O)n(C(CC(C)C)C(=O)O)cc1CCN(C)C. The van der Waals surface area contributed by atoms with Gasteiger partial charge in [0.2, 0.25) is 0 Å². The van der Waals surface area contributed by atoms with Crippen molar-refractivity contribution in [3.05, 3.63) is 184 Å². The number of pyridine rings is 2. The number of hydrogen-bond donors (Lipinski definition) is 2. The van der Waals surface area contributed by atoms with Crippen LogP contribution < -0.4 is 16.9 Å². The smallest absolute Gasteiger partial charge is 0.326 e. The van der Waals surface area contributed by atoms with Crippen LogP contribution in [0.15, 0.2) is 94.8 Å². The molecule has 3 N–H and O–H groups in total. The van der Waals surface area contributed by atoms with E-state index >= 15 is 4.39 Å². The van der Waals surface area contributed by atoms with Crippen LogP contribution in [-0.2, 0) is 41.5 Å². The van der Waals surface area contributed by atoms with Crippen LogP contribution in [0.1, 0.15) is 164 Å². The lowest BCUT2D eigenvalue weighted by molar-refractivity contribution is -0.144. The van der Waals surface area contributed by atoms with Crippen LogP contribution in [0.2, 0.25) is 0 Å². The molecule has 16 heteroatoms. The third kappa shape index (κ3) is 21.4. The normalized spacial score (nSPS) is 12.7. The van der Waals surface area contributed by atoms with Gasteiger partial charge in [0, 0.05) is 61.6 Å². The van der Waals surface area contributed by atoms with Gasteiger partial charge in [-0.05, 0) is 243 Å². The van der Waals surface area contributed by atoms with Gasteiger partial charge in [-0.1, -0.05) is 64.1 Å². The maximum Gasteiger partial charge on any atom is 0.326 e. The number of nitrogens with two attached hydrogens (primary N) is 1. The lowest BCUT2D eigenvalue weighted by Gasteiger charge is -2.25. The topological polar surface area (TPSA) is 183 Å². The van der Waals surface area contributed by atoms with Crippen molar-refractivity contribution in [3.8, 4) is 22.3 Å². The summed E-state index contributed by atoms with van der Waals surface area (Å²) in [6.07, 6.45) is 5.70. The van der Waals surface area contributed by atoms with Crippen molar-refractivity contribution < 1.29 is 42.5 Å². The van der Waals surface area contributed by atoms with Crippen LogP contribution in [0.25, 0.3) is 22.3 Å². The molecular weight excluding hydrogens is 1130 g/mol. The second-order valence-corrected chi connectivity index (χ2v) is 25.1. The molecule has 4 atom stereocenters. The fraction of sp³-hybridized carbons (Fsp3) is 0.479. The van der Waals surface area contributed by atoms with E-state index in [1.54, 1.807) is 62.7 Å². The summed E-state index contributed by atoms with van der Waals surface area (Å²) in [7, 11) is 7.97. The van der Waals surface area contributed by atoms with E-state index in [2.05, 4.69) is 9.80 Å². The molecule has 4 aromatic carbocycles. The maximum absolute atomic E-state index is 16.0. The summed E-state index contributed by atoms with van der Waals surface area (Å²) < 4.78 is 43.6. The van der Waals surface area contributed by atoms with E-state index in [9.17, 15) is 38.3 Å². The number of aromatic nitrogens is 2. The van der Waals surface area contributed by atoms with Gasteiger partial charge in [0.1, 0.15) is 17.7 Å². The Morgan fingerprint density at radius 3 is 1.31 bits per heavy atom. The Balaban J connectivity index is 0.000000316. The monoisotopic (exact) mass is 1230 g/mol. The van der Waals surface area contributed by atoms with E-state index in [0.717, 1.165) is 92.7 Å². The lowest BCUT2D eigenvalue weighted by Crippen LogP contribution is -2.32. The Morgan fingerprint density at radius 2 is 0.921 bits per heavy atom. The number of aryl methyl sites for hydroxylation is 8. The Morgan fingerprint density at radius 1 is 0.539 bits per heavy atom. The van der Waals surface area contributed by atoms with Gasteiger partial charge in [-0.3, -0.25) is 24.0 Å². The molecule has 0 fully saturated rings. The first-order valence-corrected chi connectivity index (χ1v) is 31.1. The van der Waals surface area contributed by atoms with Gasteiger partial charge in [-0.15, -0.1) is 0 Å². The fourth-order valence-corrected chi connectivity index (χ4v) is 11.3. The molecule has 0 saturated carbocycles. The molecule has 6 rings (SSSR count). The number of nitrogens with zero attached hydrogens (tertiary/aromatic N) is 4. The number of rotatable bonds is 26. The van der Waals surface area contributed by atoms with Crippen LogP contribution in [0.3, 0.4) is 0 Å². The molecule has 0 aliphatic heterocycles. The lowest BCUT2D eigenvalue weighted by atomic mass is 9.84. The average molecular weight is 1230 g/mol. The molecule has 2 aromatic heterocycles. The molecule has 0 bridgehead atoms.